The SMILES string of the molecule is CC(CCc1ccc(F)cc1)NCC1CCN(C)CC1. The first-order valence-electron chi connectivity index (χ1n) is 7.80. The molecule has 1 aliphatic rings. The molecule has 0 aromatic heterocycles. The molecule has 0 bridgehead atoms. The van der Waals surface area contributed by atoms with Gasteiger partial charge in [0.15, 0.2) is 0 Å². The maximum atomic E-state index is 12.8. The van der Waals surface area contributed by atoms with Crippen molar-refractivity contribution >= 4 is 0 Å². The Morgan fingerprint density at radius 3 is 2.55 bits per heavy atom. The van der Waals surface area contributed by atoms with Crippen LogP contribution in [0.5, 0.6) is 0 Å². The zero-order valence-electron chi connectivity index (χ0n) is 12.7. The van der Waals surface area contributed by atoms with E-state index in [4.69, 9.17) is 0 Å². The molecule has 0 saturated carbocycles. The van der Waals surface area contributed by atoms with Crippen molar-refractivity contribution in [2.75, 3.05) is 26.7 Å². The monoisotopic (exact) mass is 278 g/mol. The summed E-state index contributed by atoms with van der Waals surface area (Å²) in [6, 6.07) is 7.40. The van der Waals surface area contributed by atoms with E-state index in [-0.39, 0.29) is 5.82 Å². The minimum atomic E-state index is -0.151. The van der Waals surface area contributed by atoms with Gasteiger partial charge in [0.2, 0.25) is 0 Å². The molecule has 1 saturated heterocycles. The summed E-state index contributed by atoms with van der Waals surface area (Å²) in [5.41, 5.74) is 1.22. The fourth-order valence-electron chi connectivity index (χ4n) is 2.77. The molecule has 2 nitrogen and oxygen atoms in total. The number of halogens is 1. The van der Waals surface area contributed by atoms with Crippen LogP contribution in [0.2, 0.25) is 0 Å². The van der Waals surface area contributed by atoms with Crippen molar-refractivity contribution in [3.8, 4) is 0 Å². The number of nitrogens with one attached hydrogen (secondary N) is 1. The molecule has 1 atom stereocenters. The maximum Gasteiger partial charge on any atom is 0.123 e. The molecule has 0 radical (unpaired) electrons. The van der Waals surface area contributed by atoms with Crippen LogP contribution in [0.4, 0.5) is 4.39 Å². The Labute approximate surface area is 122 Å². The summed E-state index contributed by atoms with van der Waals surface area (Å²) in [5.74, 6) is 0.682. The van der Waals surface area contributed by atoms with Crippen LogP contribution in [0, 0.1) is 11.7 Å². The van der Waals surface area contributed by atoms with Gasteiger partial charge in [-0.25, -0.2) is 4.39 Å². The van der Waals surface area contributed by atoms with Gasteiger partial charge >= 0.3 is 0 Å². The maximum absolute atomic E-state index is 12.8. The Kier molecular flexibility index (Phi) is 5.99. The summed E-state index contributed by atoms with van der Waals surface area (Å²) in [4.78, 5) is 2.41. The van der Waals surface area contributed by atoms with Crippen LogP contribution in [0.1, 0.15) is 31.7 Å². The molecule has 1 N–H and O–H groups in total. The highest BCUT2D eigenvalue weighted by Gasteiger charge is 2.16. The number of hydrogen-bond donors (Lipinski definition) is 1. The molecule has 2 rings (SSSR count). The summed E-state index contributed by atoms with van der Waals surface area (Å²) in [6.07, 6.45) is 4.75. The highest BCUT2D eigenvalue weighted by molar-refractivity contribution is 5.16. The van der Waals surface area contributed by atoms with Gasteiger partial charge in [-0.1, -0.05) is 12.1 Å². The standard InChI is InChI=1S/C17H27FN2/c1-14(3-4-15-5-7-17(18)8-6-15)19-13-16-9-11-20(2)12-10-16/h5-8,14,16,19H,3-4,9-13H2,1-2H3. The third kappa shape index (κ3) is 5.22. The highest BCUT2D eigenvalue weighted by Crippen LogP contribution is 2.15. The third-order valence-corrected chi connectivity index (χ3v) is 4.37. The predicted octanol–water partition coefficient (Wildman–Crippen LogP) is 3.08. The average Bonchev–Trinajstić information content (AvgIpc) is 2.46. The van der Waals surface area contributed by atoms with Crippen molar-refractivity contribution in [2.24, 2.45) is 5.92 Å². The first kappa shape index (κ1) is 15.5. The van der Waals surface area contributed by atoms with Crippen LogP contribution in [0.25, 0.3) is 0 Å². The third-order valence-electron chi connectivity index (χ3n) is 4.37. The summed E-state index contributed by atoms with van der Waals surface area (Å²) in [6.45, 7) is 5.85. The number of aryl methyl sites for hydroxylation is 1. The molecule has 1 heterocycles. The Morgan fingerprint density at radius 2 is 1.90 bits per heavy atom. The van der Waals surface area contributed by atoms with Crippen LogP contribution in [-0.2, 0) is 6.42 Å². The van der Waals surface area contributed by atoms with E-state index in [1.807, 2.05) is 12.1 Å². The Balaban J connectivity index is 1.62. The van der Waals surface area contributed by atoms with Crippen LogP contribution >= 0.6 is 0 Å². The van der Waals surface area contributed by atoms with E-state index in [1.165, 1.54) is 31.5 Å². The number of likely N-dealkylation sites (tertiary alicyclic amines) is 1. The van der Waals surface area contributed by atoms with Crippen LogP contribution in [0.3, 0.4) is 0 Å². The Hall–Kier alpha value is -0.930. The van der Waals surface area contributed by atoms with Gasteiger partial charge in [-0.3, -0.25) is 0 Å². The van der Waals surface area contributed by atoms with Gasteiger partial charge in [0.1, 0.15) is 5.82 Å². The lowest BCUT2D eigenvalue weighted by Gasteiger charge is -2.30. The van der Waals surface area contributed by atoms with Gasteiger partial charge in [0.25, 0.3) is 0 Å². The van der Waals surface area contributed by atoms with Crippen molar-refractivity contribution in [1.29, 1.82) is 0 Å². The summed E-state index contributed by atoms with van der Waals surface area (Å²) < 4.78 is 12.8. The smallest absolute Gasteiger partial charge is 0.123 e. The molecule has 3 heteroatoms. The van der Waals surface area contributed by atoms with Crippen molar-refractivity contribution in [2.45, 2.75) is 38.6 Å². The minimum Gasteiger partial charge on any atom is -0.314 e. The average molecular weight is 278 g/mol. The topological polar surface area (TPSA) is 15.3 Å². The molecule has 0 spiro atoms. The fourth-order valence-corrected chi connectivity index (χ4v) is 2.77. The molecule has 1 fully saturated rings. The first-order valence-corrected chi connectivity index (χ1v) is 7.80. The van der Waals surface area contributed by atoms with E-state index < -0.39 is 0 Å². The van der Waals surface area contributed by atoms with Crippen molar-refractivity contribution in [3.05, 3.63) is 35.6 Å². The number of nitrogens with zero attached hydrogens (tertiary/aromatic N) is 1. The first-order chi connectivity index (χ1) is 9.63. The van der Waals surface area contributed by atoms with E-state index in [0.29, 0.717) is 6.04 Å². The van der Waals surface area contributed by atoms with Gasteiger partial charge in [0.05, 0.1) is 0 Å². The van der Waals surface area contributed by atoms with Gasteiger partial charge in [-0.2, -0.15) is 0 Å². The second-order valence-electron chi connectivity index (χ2n) is 6.22. The van der Waals surface area contributed by atoms with Gasteiger partial charge in [-0.05, 0) is 82.9 Å². The molecule has 1 aliphatic heterocycles. The summed E-state index contributed by atoms with van der Waals surface area (Å²) in [5, 5.41) is 3.66. The zero-order chi connectivity index (χ0) is 14.4. The normalized spacial score (nSPS) is 19.1. The van der Waals surface area contributed by atoms with Gasteiger partial charge < -0.3 is 10.2 Å². The van der Waals surface area contributed by atoms with Crippen molar-refractivity contribution in [3.63, 3.8) is 0 Å². The van der Waals surface area contributed by atoms with Crippen LogP contribution in [0.15, 0.2) is 24.3 Å². The van der Waals surface area contributed by atoms with Crippen molar-refractivity contribution < 1.29 is 4.39 Å². The molecule has 112 valence electrons. The van der Waals surface area contributed by atoms with Crippen LogP contribution in [-0.4, -0.2) is 37.6 Å². The van der Waals surface area contributed by atoms with E-state index in [2.05, 4.69) is 24.2 Å². The Bertz CT molecular complexity index is 382. The second kappa shape index (κ2) is 7.75. The number of rotatable bonds is 6. The lowest BCUT2D eigenvalue weighted by atomic mass is 9.96. The lowest BCUT2D eigenvalue weighted by molar-refractivity contribution is 0.212. The largest absolute Gasteiger partial charge is 0.314 e. The van der Waals surface area contributed by atoms with Gasteiger partial charge in [0, 0.05) is 6.04 Å². The highest BCUT2D eigenvalue weighted by atomic mass is 19.1. The molecule has 1 aromatic rings. The van der Waals surface area contributed by atoms with Gasteiger partial charge in [-0.15, -0.1) is 0 Å². The minimum absolute atomic E-state index is 0.151. The van der Waals surface area contributed by atoms with Crippen molar-refractivity contribution in [1.82, 2.24) is 10.2 Å². The molecule has 1 aromatic carbocycles. The fraction of sp³-hybridized carbons (Fsp3) is 0.647. The van der Waals surface area contributed by atoms with E-state index in [9.17, 15) is 4.39 Å². The number of hydrogen-bond acceptors (Lipinski definition) is 2. The Morgan fingerprint density at radius 1 is 1.25 bits per heavy atom. The summed E-state index contributed by atoms with van der Waals surface area (Å²) >= 11 is 0. The number of benzene rings is 1. The zero-order valence-corrected chi connectivity index (χ0v) is 12.7. The lowest BCUT2D eigenvalue weighted by Crippen LogP contribution is -2.37. The molecule has 0 amide bonds. The molecular weight excluding hydrogens is 251 g/mol. The van der Waals surface area contributed by atoms with E-state index in [0.717, 1.165) is 25.3 Å². The van der Waals surface area contributed by atoms with Crippen LogP contribution < -0.4 is 5.32 Å². The molecule has 1 unspecified atom stereocenters. The van der Waals surface area contributed by atoms with E-state index >= 15 is 0 Å². The summed E-state index contributed by atoms with van der Waals surface area (Å²) in [7, 11) is 2.20. The number of piperidine rings is 1. The predicted molar refractivity (Wildman–Crippen MR) is 82.4 cm³/mol. The molecule has 20 heavy (non-hydrogen) atoms. The molecule has 0 aliphatic carbocycles. The molecular formula is C17H27FN2. The van der Waals surface area contributed by atoms with E-state index in [1.54, 1.807) is 12.1 Å². The quantitative estimate of drug-likeness (QED) is 0.860. The second-order valence-corrected chi connectivity index (χ2v) is 6.22.